The van der Waals surface area contributed by atoms with Crippen LogP contribution in [0.2, 0.25) is 0 Å². The summed E-state index contributed by atoms with van der Waals surface area (Å²) in [6.45, 7) is 4.41. The zero-order valence-electron chi connectivity index (χ0n) is 11.0. The first-order valence-electron chi connectivity index (χ1n) is 6.48. The SMILES string of the molecule is CCC1(CC)CC(N)(c2ccc([N+](=O)[O-])cc2)C1. The fourth-order valence-electron chi connectivity index (χ4n) is 3.16. The number of nitrogens with two attached hydrogens (primary N) is 1. The molecule has 1 saturated carbocycles. The molecule has 2 N–H and O–H groups in total. The van der Waals surface area contributed by atoms with Crippen molar-refractivity contribution in [3.63, 3.8) is 0 Å². The summed E-state index contributed by atoms with van der Waals surface area (Å²) in [5.41, 5.74) is 7.63. The number of hydrogen-bond donors (Lipinski definition) is 1. The molecule has 1 aromatic carbocycles. The molecule has 0 aromatic heterocycles. The summed E-state index contributed by atoms with van der Waals surface area (Å²) in [6.07, 6.45) is 4.25. The molecule has 0 atom stereocenters. The highest BCUT2D eigenvalue weighted by molar-refractivity contribution is 5.37. The van der Waals surface area contributed by atoms with Gasteiger partial charge < -0.3 is 5.73 Å². The van der Waals surface area contributed by atoms with Crippen molar-refractivity contribution in [2.75, 3.05) is 0 Å². The Morgan fingerprint density at radius 3 is 2.11 bits per heavy atom. The van der Waals surface area contributed by atoms with Gasteiger partial charge in [-0.2, -0.15) is 0 Å². The Morgan fingerprint density at radius 2 is 1.72 bits per heavy atom. The van der Waals surface area contributed by atoms with E-state index < -0.39 is 0 Å². The molecule has 4 nitrogen and oxygen atoms in total. The Balaban J connectivity index is 2.16. The Labute approximate surface area is 107 Å². The molecule has 0 bridgehead atoms. The van der Waals surface area contributed by atoms with E-state index in [0.717, 1.165) is 31.2 Å². The molecule has 0 aliphatic heterocycles. The van der Waals surface area contributed by atoms with Gasteiger partial charge in [-0.05, 0) is 23.8 Å². The normalized spacial score (nSPS) is 20.2. The summed E-state index contributed by atoms with van der Waals surface area (Å²) in [5.74, 6) is 0. The van der Waals surface area contributed by atoms with Crippen LogP contribution in [0, 0.1) is 15.5 Å². The van der Waals surface area contributed by atoms with Gasteiger partial charge in [-0.15, -0.1) is 0 Å². The maximum atomic E-state index is 10.6. The summed E-state index contributed by atoms with van der Waals surface area (Å²) in [5, 5.41) is 10.6. The van der Waals surface area contributed by atoms with Crippen molar-refractivity contribution in [1.29, 1.82) is 0 Å². The highest BCUT2D eigenvalue weighted by Gasteiger charge is 2.50. The standard InChI is InChI=1S/C14H20N2O2/c1-3-13(4-2)9-14(15,10-13)11-5-7-12(8-6-11)16(17)18/h5-8H,3-4,9-10,15H2,1-2H3. The van der Waals surface area contributed by atoms with Gasteiger partial charge in [0.15, 0.2) is 0 Å². The van der Waals surface area contributed by atoms with Gasteiger partial charge in [-0.1, -0.05) is 38.8 Å². The van der Waals surface area contributed by atoms with Crippen LogP contribution in [-0.4, -0.2) is 4.92 Å². The third-order valence-corrected chi connectivity index (χ3v) is 4.53. The van der Waals surface area contributed by atoms with E-state index in [1.54, 1.807) is 24.3 Å². The molecule has 0 radical (unpaired) electrons. The predicted molar refractivity (Wildman–Crippen MR) is 71.2 cm³/mol. The maximum Gasteiger partial charge on any atom is 0.269 e. The van der Waals surface area contributed by atoms with Gasteiger partial charge in [0.05, 0.1) is 4.92 Å². The van der Waals surface area contributed by atoms with Crippen molar-refractivity contribution >= 4 is 5.69 Å². The molecule has 18 heavy (non-hydrogen) atoms. The lowest BCUT2D eigenvalue weighted by molar-refractivity contribution is -0.384. The molecule has 1 aromatic rings. The molecular formula is C14H20N2O2. The largest absolute Gasteiger partial charge is 0.321 e. The minimum absolute atomic E-state index is 0.124. The van der Waals surface area contributed by atoms with Crippen molar-refractivity contribution in [3.8, 4) is 0 Å². The molecule has 1 aliphatic rings. The Kier molecular flexibility index (Phi) is 3.15. The van der Waals surface area contributed by atoms with E-state index in [9.17, 15) is 10.1 Å². The van der Waals surface area contributed by atoms with Gasteiger partial charge in [-0.3, -0.25) is 10.1 Å². The molecule has 0 unspecified atom stereocenters. The number of rotatable bonds is 4. The second-order valence-electron chi connectivity index (χ2n) is 5.52. The van der Waals surface area contributed by atoms with E-state index >= 15 is 0 Å². The first-order valence-corrected chi connectivity index (χ1v) is 6.48. The van der Waals surface area contributed by atoms with Gasteiger partial charge in [0.1, 0.15) is 0 Å². The van der Waals surface area contributed by atoms with E-state index in [1.807, 2.05) is 0 Å². The second-order valence-corrected chi connectivity index (χ2v) is 5.52. The molecule has 0 saturated heterocycles. The lowest BCUT2D eigenvalue weighted by Crippen LogP contribution is -2.55. The van der Waals surface area contributed by atoms with Crippen LogP contribution in [0.15, 0.2) is 24.3 Å². The molecule has 0 amide bonds. The average Bonchev–Trinajstić information content (AvgIpc) is 2.35. The molecule has 1 aliphatic carbocycles. The second kappa shape index (κ2) is 4.35. The summed E-state index contributed by atoms with van der Waals surface area (Å²) in [6, 6.07) is 6.68. The smallest absolute Gasteiger partial charge is 0.269 e. The van der Waals surface area contributed by atoms with Crippen LogP contribution in [0.25, 0.3) is 0 Å². The van der Waals surface area contributed by atoms with Crippen molar-refractivity contribution in [2.24, 2.45) is 11.1 Å². The molecule has 98 valence electrons. The number of nitro benzene ring substituents is 1. The van der Waals surface area contributed by atoms with Gasteiger partial charge in [0.25, 0.3) is 5.69 Å². The van der Waals surface area contributed by atoms with E-state index in [4.69, 9.17) is 5.73 Å². The van der Waals surface area contributed by atoms with Gasteiger partial charge in [0, 0.05) is 17.7 Å². The lowest BCUT2D eigenvalue weighted by Gasteiger charge is -2.54. The lowest BCUT2D eigenvalue weighted by atomic mass is 9.53. The van der Waals surface area contributed by atoms with E-state index in [1.165, 1.54) is 0 Å². The number of benzene rings is 1. The molecular weight excluding hydrogens is 228 g/mol. The number of hydrogen-bond acceptors (Lipinski definition) is 3. The fraction of sp³-hybridized carbons (Fsp3) is 0.571. The Hall–Kier alpha value is -1.42. The highest BCUT2D eigenvalue weighted by Crippen LogP contribution is 2.56. The van der Waals surface area contributed by atoms with Crippen LogP contribution in [0.3, 0.4) is 0 Å². The third-order valence-electron chi connectivity index (χ3n) is 4.53. The van der Waals surface area contributed by atoms with E-state index in [-0.39, 0.29) is 16.1 Å². The predicted octanol–water partition coefficient (Wildman–Crippen LogP) is 3.35. The van der Waals surface area contributed by atoms with E-state index in [2.05, 4.69) is 13.8 Å². The Morgan fingerprint density at radius 1 is 1.22 bits per heavy atom. The zero-order chi connectivity index (χ0) is 13.4. The topological polar surface area (TPSA) is 69.2 Å². The van der Waals surface area contributed by atoms with Crippen molar-refractivity contribution in [1.82, 2.24) is 0 Å². The summed E-state index contributed by atoms with van der Waals surface area (Å²) < 4.78 is 0. The monoisotopic (exact) mass is 248 g/mol. The molecule has 0 heterocycles. The van der Waals surface area contributed by atoms with Gasteiger partial charge in [0.2, 0.25) is 0 Å². The number of nitrogens with zero attached hydrogens (tertiary/aromatic N) is 1. The average molecular weight is 248 g/mol. The minimum atomic E-state index is -0.379. The Bertz CT molecular complexity index is 441. The summed E-state index contributed by atoms with van der Waals surface area (Å²) in [7, 11) is 0. The van der Waals surface area contributed by atoms with Crippen LogP contribution in [0.4, 0.5) is 5.69 Å². The number of nitro groups is 1. The molecule has 0 spiro atoms. The van der Waals surface area contributed by atoms with Crippen LogP contribution in [0.5, 0.6) is 0 Å². The van der Waals surface area contributed by atoms with Crippen LogP contribution in [0.1, 0.15) is 45.1 Å². The minimum Gasteiger partial charge on any atom is -0.321 e. The van der Waals surface area contributed by atoms with Crippen molar-refractivity contribution in [3.05, 3.63) is 39.9 Å². The quantitative estimate of drug-likeness (QED) is 0.656. The van der Waals surface area contributed by atoms with Gasteiger partial charge >= 0.3 is 0 Å². The van der Waals surface area contributed by atoms with Crippen LogP contribution < -0.4 is 5.73 Å². The summed E-state index contributed by atoms with van der Waals surface area (Å²) in [4.78, 5) is 10.2. The fourth-order valence-corrected chi connectivity index (χ4v) is 3.16. The first kappa shape index (κ1) is 13.0. The van der Waals surface area contributed by atoms with Crippen LogP contribution >= 0.6 is 0 Å². The zero-order valence-corrected chi connectivity index (χ0v) is 11.0. The molecule has 2 rings (SSSR count). The third kappa shape index (κ3) is 2.01. The number of non-ortho nitro benzene ring substituents is 1. The van der Waals surface area contributed by atoms with Crippen molar-refractivity contribution in [2.45, 2.75) is 45.1 Å². The van der Waals surface area contributed by atoms with Crippen LogP contribution in [-0.2, 0) is 5.54 Å². The molecule has 1 fully saturated rings. The summed E-state index contributed by atoms with van der Waals surface area (Å²) >= 11 is 0. The first-order chi connectivity index (χ1) is 8.45. The van der Waals surface area contributed by atoms with Gasteiger partial charge in [-0.25, -0.2) is 0 Å². The van der Waals surface area contributed by atoms with Crippen molar-refractivity contribution < 1.29 is 4.92 Å². The molecule has 4 heteroatoms. The maximum absolute atomic E-state index is 10.6. The highest BCUT2D eigenvalue weighted by atomic mass is 16.6. The van der Waals surface area contributed by atoms with E-state index in [0.29, 0.717) is 5.41 Å².